The number of fused-ring (bicyclic) bond motifs is 2. The number of nitrogens with zero attached hydrogens (tertiary/aromatic N) is 1. The van der Waals surface area contributed by atoms with Crippen molar-refractivity contribution in [2.24, 2.45) is 0 Å². The van der Waals surface area contributed by atoms with Gasteiger partial charge in [-0.3, -0.25) is 13.9 Å². The van der Waals surface area contributed by atoms with Crippen LogP contribution in [-0.4, -0.2) is 37.6 Å². The zero-order valence-electron chi connectivity index (χ0n) is 22.2. The SMILES string of the molecule is CCCCCN1C(C(=O)c2ccccc2)=C(NC(=O)COc2ccc3ccccc3c2)c2ccccc2S1(=O)=O. The minimum Gasteiger partial charge on any atom is -0.484 e. The molecule has 1 aliphatic heterocycles. The fraction of sp³-hybridized carbons (Fsp3) is 0.188. The molecule has 0 spiro atoms. The summed E-state index contributed by atoms with van der Waals surface area (Å²) < 4.78 is 34.5. The Kier molecular flexibility index (Phi) is 7.98. The average Bonchev–Trinajstić information content (AvgIpc) is 2.98. The van der Waals surface area contributed by atoms with E-state index in [4.69, 9.17) is 4.74 Å². The van der Waals surface area contributed by atoms with Gasteiger partial charge in [0.15, 0.2) is 6.61 Å². The Balaban J connectivity index is 1.53. The molecule has 40 heavy (non-hydrogen) atoms. The van der Waals surface area contributed by atoms with Crippen molar-refractivity contribution >= 4 is 38.2 Å². The van der Waals surface area contributed by atoms with Crippen molar-refractivity contribution in [3.05, 3.63) is 114 Å². The van der Waals surface area contributed by atoms with E-state index in [1.807, 2.05) is 43.3 Å². The number of amides is 1. The summed E-state index contributed by atoms with van der Waals surface area (Å²) in [7, 11) is -4.04. The first-order valence-corrected chi connectivity index (χ1v) is 14.7. The third-order valence-corrected chi connectivity index (χ3v) is 8.64. The maximum Gasteiger partial charge on any atom is 0.265 e. The molecule has 1 heterocycles. The monoisotopic (exact) mass is 554 g/mol. The van der Waals surface area contributed by atoms with Crippen molar-refractivity contribution < 1.29 is 22.7 Å². The van der Waals surface area contributed by atoms with E-state index in [1.165, 1.54) is 6.07 Å². The molecule has 0 saturated heterocycles. The minimum absolute atomic E-state index is 0.0434. The molecule has 0 fully saturated rings. The Morgan fingerprint density at radius 3 is 2.30 bits per heavy atom. The third kappa shape index (κ3) is 5.49. The molecule has 204 valence electrons. The molecular formula is C32H30N2O5S. The second-order valence-electron chi connectivity index (χ2n) is 9.55. The van der Waals surface area contributed by atoms with E-state index in [-0.39, 0.29) is 35.0 Å². The van der Waals surface area contributed by atoms with Gasteiger partial charge in [0.05, 0.1) is 10.6 Å². The van der Waals surface area contributed by atoms with Crippen LogP contribution >= 0.6 is 0 Å². The largest absolute Gasteiger partial charge is 0.484 e. The molecule has 0 aromatic heterocycles. The molecule has 0 unspecified atom stereocenters. The lowest BCUT2D eigenvalue weighted by molar-refractivity contribution is -0.121. The number of Topliss-reactive ketones (excluding diaryl/α,β-unsaturated/α-hetero) is 1. The molecule has 1 N–H and O–H groups in total. The number of rotatable bonds is 10. The molecule has 4 aromatic rings. The van der Waals surface area contributed by atoms with Crippen molar-refractivity contribution in [3.8, 4) is 5.75 Å². The second kappa shape index (κ2) is 11.8. The highest BCUT2D eigenvalue weighted by Gasteiger charge is 2.40. The fourth-order valence-electron chi connectivity index (χ4n) is 4.79. The Bertz CT molecular complexity index is 1700. The van der Waals surface area contributed by atoms with Crippen molar-refractivity contribution in [1.82, 2.24) is 9.62 Å². The zero-order chi connectivity index (χ0) is 28.1. The number of hydrogen-bond donors (Lipinski definition) is 1. The Labute approximate surface area is 234 Å². The predicted octanol–water partition coefficient (Wildman–Crippen LogP) is 5.78. The molecule has 0 atom stereocenters. The van der Waals surface area contributed by atoms with E-state index < -0.39 is 21.7 Å². The van der Waals surface area contributed by atoms with E-state index in [2.05, 4.69) is 5.32 Å². The van der Waals surface area contributed by atoms with Crippen LogP contribution in [-0.2, 0) is 14.8 Å². The van der Waals surface area contributed by atoms with Crippen molar-refractivity contribution in [2.45, 2.75) is 31.1 Å². The number of ketones is 1. The van der Waals surface area contributed by atoms with E-state index in [1.54, 1.807) is 54.6 Å². The van der Waals surface area contributed by atoms with Gasteiger partial charge in [-0.2, -0.15) is 0 Å². The van der Waals surface area contributed by atoms with Gasteiger partial charge in [0, 0.05) is 17.7 Å². The number of carbonyl (C=O) groups is 2. The summed E-state index contributed by atoms with van der Waals surface area (Å²) in [6.45, 7) is 1.82. The molecule has 0 saturated carbocycles. The molecular weight excluding hydrogens is 524 g/mol. The lowest BCUT2D eigenvalue weighted by Crippen LogP contribution is -2.42. The minimum atomic E-state index is -4.04. The van der Waals surface area contributed by atoms with E-state index in [9.17, 15) is 18.0 Å². The topological polar surface area (TPSA) is 92.8 Å². The first-order chi connectivity index (χ1) is 19.4. The summed E-state index contributed by atoms with van der Waals surface area (Å²) in [5.41, 5.74) is 0.683. The van der Waals surface area contributed by atoms with Gasteiger partial charge in [-0.05, 0) is 35.4 Å². The lowest BCUT2D eigenvalue weighted by atomic mass is 10.0. The van der Waals surface area contributed by atoms with E-state index in [0.29, 0.717) is 17.7 Å². The van der Waals surface area contributed by atoms with Gasteiger partial charge in [-0.25, -0.2) is 8.42 Å². The van der Waals surface area contributed by atoms with Gasteiger partial charge in [-0.15, -0.1) is 0 Å². The number of sulfonamides is 1. The third-order valence-electron chi connectivity index (χ3n) is 6.78. The first-order valence-electron chi connectivity index (χ1n) is 13.3. The van der Waals surface area contributed by atoms with Crippen LogP contribution in [0.25, 0.3) is 16.5 Å². The predicted molar refractivity (Wildman–Crippen MR) is 155 cm³/mol. The maximum absolute atomic E-state index is 13.9. The van der Waals surface area contributed by atoms with Crippen LogP contribution in [0, 0.1) is 0 Å². The molecule has 1 aliphatic rings. The summed E-state index contributed by atoms with van der Waals surface area (Å²) in [6.07, 6.45) is 2.24. The highest BCUT2D eigenvalue weighted by Crippen LogP contribution is 2.37. The number of benzene rings is 4. The summed E-state index contributed by atoms with van der Waals surface area (Å²) >= 11 is 0. The number of carbonyl (C=O) groups excluding carboxylic acids is 2. The van der Waals surface area contributed by atoms with Crippen molar-refractivity contribution in [3.63, 3.8) is 0 Å². The highest BCUT2D eigenvalue weighted by molar-refractivity contribution is 7.89. The van der Waals surface area contributed by atoms with Crippen molar-refractivity contribution in [1.29, 1.82) is 0 Å². The Morgan fingerprint density at radius 2 is 1.52 bits per heavy atom. The number of nitrogens with one attached hydrogen (secondary N) is 1. The summed E-state index contributed by atoms with van der Waals surface area (Å²) in [4.78, 5) is 27.2. The average molecular weight is 555 g/mol. The lowest BCUT2D eigenvalue weighted by Gasteiger charge is -2.33. The normalized spacial score (nSPS) is 14.1. The van der Waals surface area contributed by atoms with Crippen LogP contribution in [0.2, 0.25) is 0 Å². The van der Waals surface area contributed by atoms with Gasteiger partial charge < -0.3 is 10.1 Å². The van der Waals surface area contributed by atoms with Gasteiger partial charge in [0.2, 0.25) is 5.78 Å². The maximum atomic E-state index is 13.9. The molecule has 0 aliphatic carbocycles. The number of unbranched alkanes of at least 4 members (excludes halogenated alkanes) is 2. The molecule has 1 amide bonds. The zero-order valence-corrected chi connectivity index (χ0v) is 23.0. The van der Waals surface area contributed by atoms with Gasteiger partial charge in [0.1, 0.15) is 11.4 Å². The van der Waals surface area contributed by atoms with E-state index >= 15 is 0 Å². The van der Waals surface area contributed by atoms with Gasteiger partial charge >= 0.3 is 0 Å². The fourth-order valence-corrected chi connectivity index (χ4v) is 6.51. The van der Waals surface area contributed by atoms with Crippen molar-refractivity contribution in [2.75, 3.05) is 13.2 Å². The number of allylic oxidation sites excluding steroid dienone is 1. The van der Waals surface area contributed by atoms with Crippen LogP contribution < -0.4 is 10.1 Å². The second-order valence-corrected chi connectivity index (χ2v) is 11.4. The molecule has 0 radical (unpaired) electrons. The van der Waals surface area contributed by atoms with Crippen LogP contribution in [0.5, 0.6) is 5.75 Å². The van der Waals surface area contributed by atoms with Crippen LogP contribution in [0.3, 0.4) is 0 Å². The molecule has 5 rings (SSSR count). The Morgan fingerprint density at radius 1 is 0.825 bits per heavy atom. The first kappa shape index (κ1) is 27.1. The van der Waals surface area contributed by atoms with Gasteiger partial charge in [0.25, 0.3) is 15.9 Å². The van der Waals surface area contributed by atoms with Crippen LogP contribution in [0.4, 0.5) is 0 Å². The highest BCUT2D eigenvalue weighted by atomic mass is 32.2. The van der Waals surface area contributed by atoms with Gasteiger partial charge in [-0.1, -0.05) is 98.6 Å². The van der Waals surface area contributed by atoms with Crippen LogP contribution in [0.1, 0.15) is 42.1 Å². The summed E-state index contributed by atoms with van der Waals surface area (Å²) in [5, 5.41) is 4.86. The van der Waals surface area contributed by atoms with Crippen LogP contribution in [0.15, 0.2) is 108 Å². The molecule has 7 nitrogen and oxygen atoms in total. The number of ether oxygens (including phenoxy) is 1. The standard InChI is InChI=1S/C32H30N2O5S/c1-2-3-11-20-34-31(32(36)24-13-5-4-6-14-24)30(27-16-9-10-17-28(27)40(34,37)38)33-29(35)22-39-26-19-18-23-12-7-8-15-25(23)21-26/h4-10,12-19,21H,2-3,11,20,22H2,1H3,(H,33,35). The Hall–Kier alpha value is -4.43. The molecule has 0 bridgehead atoms. The smallest absolute Gasteiger partial charge is 0.265 e. The quantitative estimate of drug-likeness (QED) is 0.198. The summed E-state index contributed by atoms with van der Waals surface area (Å²) in [5.74, 6) is -0.471. The molecule has 4 aromatic carbocycles. The number of hydrogen-bond acceptors (Lipinski definition) is 5. The summed E-state index contributed by atoms with van der Waals surface area (Å²) in [6, 6.07) is 28.3. The molecule has 8 heteroatoms. The van der Waals surface area contributed by atoms with E-state index in [0.717, 1.165) is 27.9 Å².